The highest BCUT2D eigenvalue weighted by atomic mass is 16.5. The van der Waals surface area contributed by atoms with Crippen LogP contribution in [0.4, 0.5) is 5.95 Å². The molecule has 0 spiro atoms. The second kappa shape index (κ2) is 5.35. The third-order valence-corrected chi connectivity index (χ3v) is 4.47. The molecule has 4 heteroatoms. The van der Waals surface area contributed by atoms with Gasteiger partial charge in [0.05, 0.1) is 18.1 Å². The smallest absolute Gasteiger partial charge is 0.201 e. The lowest BCUT2D eigenvalue weighted by Gasteiger charge is -2.27. The predicted molar refractivity (Wildman–Crippen MR) is 81.8 cm³/mol. The SMILES string of the molecule is COc1ccc2nc(N)n(CC3CCCC(C)C3)c2c1. The lowest BCUT2D eigenvalue weighted by molar-refractivity contribution is 0.259. The number of imidazole rings is 1. The van der Waals surface area contributed by atoms with Crippen LogP contribution in [0.25, 0.3) is 11.0 Å². The fourth-order valence-electron chi connectivity index (χ4n) is 3.42. The highest BCUT2D eigenvalue weighted by molar-refractivity contribution is 5.79. The van der Waals surface area contributed by atoms with Gasteiger partial charge in [0.2, 0.25) is 5.95 Å². The Bertz CT molecular complexity index is 605. The van der Waals surface area contributed by atoms with Crippen LogP contribution in [0, 0.1) is 11.8 Å². The second-order valence-electron chi connectivity index (χ2n) is 6.07. The Labute approximate surface area is 119 Å². The molecule has 0 amide bonds. The first-order chi connectivity index (χ1) is 9.67. The van der Waals surface area contributed by atoms with Crippen molar-refractivity contribution in [2.45, 2.75) is 39.2 Å². The summed E-state index contributed by atoms with van der Waals surface area (Å²) in [7, 11) is 1.69. The summed E-state index contributed by atoms with van der Waals surface area (Å²) < 4.78 is 7.46. The zero-order chi connectivity index (χ0) is 14.1. The van der Waals surface area contributed by atoms with E-state index in [1.165, 1.54) is 25.7 Å². The molecule has 0 saturated heterocycles. The van der Waals surface area contributed by atoms with Crippen LogP contribution >= 0.6 is 0 Å². The first-order valence-electron chi connectivity index (χ1n) is 7.47. The molecule has 20 heavy (non-hydrogen) atoms. The largest absolute Gasteiger partial charge is 0.497 e. The lowest BCUT2D eigenvalue weighted by Crippen LogP contribution is -2.19. The number of benzene rings is 1. The van der Waals surface area contributed by atoms with Gasteiger partial charge in [-0.1, -0.05) is 19.8 Å². The van der Waals surface area contributed by atoms with Crippen molar-refractivity contribution in [1.82, 2.24) is 9.55 Å². The van der Waals surface area contributed by atoms with Crippen molar-refractivity contribution in [2.75, 3.05) is 12.8 Å². The van der Waals surface area contributed by atoms with Gasteiger partial charge >= 0.3 is 0 Å². The maximum Gasteiger partial charge on any atom is 0.201 e. The van der Waals surface area contributed by atoms with Gasteiger partial charge in [-0.3, -0.25) is 0 Å². The highest BCUT2D eigenvalue weighted by Crippen LogP contribution is 2.32. The summed E-state index contributed by atoms with van der Waals surface area (Å²) in [4.78, 5) is 4.46. The molecule has 1 aromatic carbocycles. The molecule has 0 radical (unpaired) electrons. The maximum atomic E-state index is 6.11. The second-order valence-corrected chi connectivity index (χ2v) is 6.07. The fourth-order valence-corrected chi connectivity index (χ4v) is 3.42. The minimum absolute atomic E-state index is 0.617. The molecule has 4 nitrogen and oxygen atoms in total. The quantitative estimate of drug-likeness (QED) is 0.931. The van der Waals surface area contributed by atoms with E-state index in [1.54, 1.807) is 7.11 Å². The molecule has 0 aliphatic heterocycles. The van der Waals surface area contributed by atoms with E-state index in [-0.39, 0.29) is 0 Å². The lowest BCUT2D eigenvalue weighted by atomic mass is 9.82. The van der Waals surface area contributed by atoms with Crippen LogP contribution in [0.1, 0.15) is 32.6 Å². The Kier molecular flexibility index (Phi) is 3.55. The number of hydrogen-bond donors (Lipinski definition) is 1. The van der Waals surface area contributed by atoms with Crippen LogP contribution in [0.3, 0.4) is 0 Å². The van der Waals surface area contributed by atoms with Gasteiger partial charge in [0.1, 0.15) is 5.75 Å². The van der Waals surface area contributed by atoms with Crippen LogP contribution in [0.15, 0.2) is 18.2 Å². The van der Waals surface area contributed by atoms with Crippen molar-refractivity contribution in [2.24, 2.45) is 11.8 Å². The van der Waals surface area contributed by atoms with Crippen molar-refractivity contribution in [1.29, 1.82) is 0 Å². The predicted octanol–water partition coefficient (Wildman–Crippen LogP) is 3.45. The first kappa shape index (κ1) is 13.3. The number of ether oxygens (including phenoxy) is 1. The van der Waals surface area contributed by atoms with Crippen molar-refractivity contribution in [3.05, 3.63) is 18.2 Å². The fraction of sp³-hybridized carbons (Fsp3) is 0.562. The molecule has 0 bridgehead atoms. The van der Waals surface area contributed by atoms with Crippen molar-refractivity contribution < 1.29 is 4.74 Å². The topological polar surface area (TPSA) is 53.1 Å². The van der Waals surface area contributed by atoms with E-state index in [1.807, 2.05) is 18.2 Å². The minimum atomic E-state index is 0.617. The van der Waals surface area contributed by atoms with Gasteiger partial charge < -0.3 is 15.0 Å². The van der Waals surface area contributed by atoms with Gasteiger partial charge in [-0.15, -0.1) is 0 Å². The van der Waals surface area contributed by atoms with Gasteiger partial charge in [-0.25, -0.2) is 4.98 Å². The normalized spacial score (nSPS) is 23.1. The Hall–Kier alpha value is -1.71. The van der Waals surface area contributed by atoms with Gasteiger partial charge in [-0.05, 0) is 36.8 Å². The molecular formula is C16H23N3O. The summed E-state index contributed by atoms with van der Waals surface area (Å²) in [5, 5.41) is 0. The number of nitrogen functional groups attached to an aromatic ring is 1. The first-order valence-corrected chi connectivity index (χ1v) is 7.47. The molecule has 2 aromatic rings. The molecular weight excluding hydrogens is 250 g/mol. The van der Waals surface area contributed by atoms with E-state index < -0.39 is 0 Å². The van der Waals surface area contributed by atoms with Gasteiger partial charge in [0, 0.05) is 12.6 Å². The summed E-state index contributed by atoms with van der Waals surface area (Å²) in [6.07, 6.45) is 5.29. The number of rotatable bonds is 3. The molecule has 1 fully saturated rings. The van der Waals surface area contributed by atoms with Crippen LogP contribution in [-0.2, 0) is 6.54 Å². The number of fused-ring (bicyclic) bond motifs is 1. The van der Waals surface area contributed by atoms with E-state index >= 15 is 0 Å². The van der Waals surface area contributed by atoms with Gasteiger partial charge in [0.25, 0.3) is 0 Å². The van der Waals surface area contributed by atoms with Crippen molar-refractivity contribution in [3.8, 4) is 5.75 Å². The van der Waals surface area contributed by atoms with Crippen LogP contribution in [-0.4, -0.2) is 16.7 Å². The van der Waals surface area contributed by atoms with Crippen molar-refractivity contribution >= 4 is 17.0 Å². The third kappa shape index (κ3) is 2.47. The average Bonchev–Trinajstić information content (AvgIpc) is 2.74. The summed E-state index contributed by atoms with van der Waals surface area (Å²) >= 11 is 0. The number of nitrogens with two attached hydrogens (primary N) is 1. The minimum Gasteiger partial charge on any atom is -0.497 e. The third-order valence-electron chi connectivity index (χ3n) is 4.47. The average molecular weight is 273 g/mol. The number of methoxy groups -OCH3 is 1. The number of anilines is 1. The standard InChI is InChI=1S/C16H23N3O/c1-11-4-3-5-12(8-11)10-19-15-9-13(20-2)6-7-14(15)18-16(19)17/h6-7,9,11-12H,3-5,8,10H2,1-2H3,(H2,17,18). The molecule has 108 valence electrons. The van der Waals surface area contributed by atoms with Gasteiger partial charge in [-0.2, -0.15) is 0 Å². The Morgan fingerprint density at radius 1 is 1.40 bits per heavy atom. The number of nitrogens with zero attached hydrogens (tertiary/aromatic N) is 2. The summed E-state index contributed by atoms with van der Waals surface area (Å²) in [5.74, 6) is 3.02. The van der Waals surface area contributed by atoms with Crippen LogP contribution in [0.2, 0.25) is 0 Å². The molecule has 2 unspecified atom stereocenters. The van der Waals surface area contributed by atoms with E-state index in [4.69, 9.17) is 10.5 Å². The van der Waals surface area contributed by atoms with Crippen LogP contribution in [0.5, 0.6) is 5.75 Å². The monoisotopic (exact) mass is 273 g/mol. The van der Waals surface area contributed by atoms with E-state index in [0.29, 0.717) is 11.9 Å². The molecule has 1 aliphatic carbocycles. The molecule has 2 atom stereocenters. The molecule has 1 saturated carbocycles. The van der Waals surface area contributed by atoms with Gasteiger partial charge in [0.15, 0.2) is 0 Å². The van der Waals surface area contributed by atoms with E-state index in [9.17, 15) is 0 Å². The maximum absolute atomic E-state index is 6.11. The van der Waals surface area contributed by atoms with E-state index in [0.717, 1.165) is 29.2 Å². The Balaban J connectivity index is 1.91. The summed E-state index contributed by atoms with van der Waals surface area (Å²) in [5.41, 5.74) is 8.14. The summed E-state index contributed by atoms with van der Waals surface area (Å²) in [6, 6.07) is 5.94. The zero-order valence-electron chi connectivity index (χ0n) is 12.3. The van der Waals surface area contributed by atoms with Crippen molar-refractivity contribution in [3.63, 3.8) is 0 Å². The molecule has 2 N–H and O–H groups in total. The molecule has 3 rings (SSSR count). The number of hydrogen-bond acceptors (Lipinski definition) is 3. The molecule has 1 aliphatic rings. The number of aromatic nitrogens is 2. The Morgan fingerprint density at radius 3 is 3.00 bits per heavy atom. The zero-order valence-corrected chi connectivity index (χ0v) is 12.3. The molecule has 1 aromatic heterocycles. The Morgan fingerprint density at radius 2 is 2.25 bits per heavy atom. The van der Waals surface area contributed by atoms with Crippen LogP contribution < -0.4 is 10.5 Å². The highest BCUT2D eigenvalue weighted by Gasteiger charge is 2.21. The summed E-state index contributed by atoms with van der Waals surface area (Å²) in [6.45, 7) is 3.32. The molecule has 1 heterocycles. The van der Waals surface area contributed by atoms with E-state index in [2.05, 4.69) is 16.5 Å².